The van der Waals surface area contributed by atoms with Gasteiger partial charge in [0.25, 0.3) is 0 Å². The smallest absolute Gasteiger partial charge is 0.138 e. The molecule has 0 saturated carbocycles. The van der Waals surface area contributed by atoms with E-state index in [9.17, 15) is 5.11 Å². The van der Waals surface area contributed by atoms with Crippen LogP contribution in [0.3, 0.4) is 0 Å². The zero-order valence-corrected chi connectivity index (χ0v) is 10.5. The summed E-state index contributed by atoms with van der Waals surface area (Å²) in [6.07, 6.45) is 1.34. The second kappa shape index (κ2) is 4.85. The van der Waals surface area contributed by atoms with Crippen molar-refractivity contribution in [1.82, 2.24) is 14.8 Å². The van der Waals surface area contributed by atoms with Crippen LogP contribution in [0.1, 0.15) is 23.1 Å². The van der Waals surface area contributed by atoms with E-state index in [-0.39, 0.29) is 0 Å². The Morgan fingerprint density at radius 3 is 2.82 bits per heavy atom. The molecule has 1 heterocycles. The SMILES string of the molecule is Cc1cc(Cl)ccc1C(O)Cc1ncnn1C. The molecule has 0 radical (unpaired) electrons. The summed E-state index contributed by atoms with van der Waals surface area (Å²) in [6, 6.07) is 5.47. The Labute approximate surface area is 105 Å². The highest BCUT2D eigenvalue weighted by Gasteiger charge is 2.14. The van der Waals surface area contributed by atoms with Gasteiger partial charge < -0.3 is 5.11 Å². The highest BCUT2D eigenvalue weighted by atomic mass is 35.5. The van der Waals surface area contributed by atoms with Crippen molar-refractivity contribution in [2.24, 2.45) is 7.05 Å². The van der Waals surface area contributed by atoms with Gasteiger partial charge in [-0.2, -0.15) is 5.10 Å². The molecule has 0 bridgehead atoms. The number of hydrogen-bond acceptors (Lipinski definition) is 3. The Kier molecular flexibility index (Phi) is 3.45. The molecule has 0 spiro atoms. The molecule has 1 unspecified atom stereocenters. The number of nitrogens with zero attached hydrogens (tertiary/aromatic N) is 3. The standard InChI is InChI=1S/C12H14ClN3O/c1-8-5-9(13)3-4-10(8)11(17)6-12-14-7-15-16(12)2/h3-5,7,11,17H,6H2,1-2H3. The van der Waals surface area contributed by atoms with Crippen molar-refractivity contribution in [2.45, 2.75) is 19.4 Å². The Morgan fingerprint density at radius 1 is 1.47 bits per heavy atom. The van der Waals surface area contributed by atoms with Gasteiger partial charge in [-0.1, -0.05) is 17.7 Å². The van der Waals surface area contributed by atoms with Crippen molar-refractivity contribution in [1.29, 1.82) is 0 Å². The van der Waals surface area contributed by atoms with E-state index in [2.05, 4.69) is 10.1 Å². The Balaban J connectivity index is 2.20. The largest absolute Gasteiger partial charge is 0.388 e. The normalized spacial score (nSPS) is 12.7. The molecular formula is C12H14ClN3O. The minimum absolute atomic E-state index is 0.443. The average Bonchev–Trinajstić information content (AvgIpc) is 2.64. The number of aliphatic hydroxyl groups excluding tert-OH is 1. The zero-order chi connectivity index (χ0) is 12.4. The molecule has 0 aliphatic carbocycles. The first-order chi connectivity index (χ1) is 8.08. The maximum atomic E-state index is 10.2. The van der Waals surface area contributed by atoms with Gasteiger partial charge in [0.2, 0.25) is 0 Å². The van der Waals surface area contributed by atoms with Gasteiger partial charge in [0.15, 0.2) is 0 Å². The highest BCUT2D eigenvalue weighted by Crippen LogP contribution is 2.23. The van der Waals surface area contributed by atoms with Crippen LogP contribution >= 0.6 is 11.6 Å². The molecule has 17 heavy (non-hydrogen) atoms. The van der Waals surface area contributed by atoms with Crippen molar-refractivity contribution in [3.63, 3.8) is 0 Å². The third-order valence-corrected chi connectivity index (χ3v) is 3.01. The van der Waals surface area contributed by atoms with Crippen LogP contribution in [-0.2, 0) is 13.5 Å². The van der Waals surface area contributed by atoms with Gasteiger partial charge >= 0.3 is 0 Å². The van der Waals surface area contributed by atoms with Crippen molar-refractivity contribution >= 4 is 11.6 Å². The molecule has 0 saturated heterocycles. The lowest BCUT2D eigenvalue weighted by Crippen LogP contribution is -2.08. The van der Waals surface area contributed by atoms with E-state index in [4.69, 9.17) is 11.6 Å². The highest BCUT2D eigenvalue weighted by molar-refractivity contribution is 6.30. The van der Waals surface area contributed by atoms with Crippen LogP contribution in [-0.4, -0.2) is 19.9 Å². The summed E-state index contributed by atoms with van der Waals surface area (Å²) in [5.41, 5.74) is 1.85. The lowest BCUT2D eigenvalue weighted by atomic mass is 10.0. The Bertz CT molecular complexity index is 524. The number of aryl methyl sites for hydroxylation is 2. The second-order valence-corrected chi connectivity index (χ2v) is 4.46. The van der Waals surface area contributed by atoms with Crippen LogP contribution < -0.4 is 0 Å². The second-order valence-electron chi connectivity index (χ2n) is 4.02. The lowest BCUT2D eigenvalue weighted by molar-refractivity contribution is 0.174. The maximum Gasteiger partial charge on any atom is 0.138 e. The van der Waals surface area contributed by atoms with E-state index in [1.807, 2.05) is 26.1 Å². The predicted molar refractivity (Wildman–Crippen MR) is 65.9 cm³/mol. The van der Waals surface area contributed by atoms with E-state index in [1.165, 1.54) is 6.33 Å². The number of hydrogen-bond donors (Lipinski definition) is 1. The minimum atomic E-state index is -0.588. The maximum absolute atomic E-state index is 10.2. The van der Waals surface area contributed by atoms with Crippen LogP contribution in [0.25, 0.3) is 0 Å². The molecule has 1 atom stereocenters. The fourth-order valence-corrected chi connectivity index (χ4v) is 2.03. The van der Waals surface area contributed by atoms with E-state index >= 15 is 0 Å². The van der Waals surface area contributed by atoms with Crippen LogP contribution in [0, 0.1) is 6.92 Å². The molecule has 0 aliphatic heterocycles. The summed E-state index contributed by atoms with van der Waals surface area (Å²) in [4.78, 5) is 4.09. The number of rotatable bonds is 3. The third kappa shape index (κ3) is 2.65. The predicted octanol–water partition coefficient (Wildman–Crippen LogP) is 2.05. The monoisotopic (exact) mass is 251 g/mol. The number of aliphatic hydroxyl groups is 1. The molecule has 0 fully saturated rings. The van der Waals surface area contributed by atoms with Crippen LogP contribution in [0.4, 0.5) is 0 Å². The first-order valence-corrected chi connectivity index (χ1v) is 5.72. The summed E-state index contributed by atoms with van der Waals surface area (Å²) in [6.45, 7) is 1.93. The van der Waals surface area contributed by atoms with Gasteiger partial charge in [-0.05, 0) is 30.2 Å². The molecule has 2 aromatic rings. The number of aromatic nitrogens is 3. The molecule has 0 amide bonds. The van der Waals surface area contributed by atoms with E-state index < -0.39 is 6.10 Å². The Morgan fingerprint density at radius 2 is 2.24 bits per heavy atom. The van der Waals surface area contributed by atoms with Crippen molar-refractivity contribution in [2.75, 3.05) is 0 Å². The van der Waals surface area contributed by atoms with Gasteiger partial charge in [-0.15, -0.1) is 0 Å². The summed E-state index contributed by atoms with van der Waals surface area (Å²) >= 11 is 5.88. The molecular weight excluding hydrogens is 238 g/mol. The first-order valence-electron chi connectivity index (χ1n) is 5.35. The van der Waals surface area contributed by atoms with Crippen LogP contribution in [0.15, 0.2) is 24.5 Å². The van der Waals surface area contributed by atoms with Crippen LogP contribution in [0.5, 0.6) is 0 Å². The van der Waals surface area contributed by atoms with Crippen LogP contribution in [0.2, 0.25) is 5.02 Å². The molecule has 4 nitrogen and oxygen atoms in total. The molecule has 5 heteroatoms. The van der Waals surface area contributed by atoms with Crippen molar-refractivity contribution in [3.8, 4) is 0 Å². The molecule has 1 N–H and O–H groups in total. The fourth-order valence-electron chi connectivity index (χ4n) is 1.80. The number of benzene rings is 1. The third-order valence-electron chi connectivity index (χ3n) is 2.77. The fraction of sp³-hybridized carbons (Fsp3) is 0.333. The average molecular weight is 252 g/mol. The van der Waals surface area contributed by atoms with E-state index in [1.54, 1.807) is 10.7 Å². The minimum Gasteiger partial charge on any atom is -0.388 e. The Hall–Kier alpha value is -1.39. The van der Waals surface area contributed by atoms with E-state index in [0.717, 1.165) is 17.0 Å². The molecule has 90 valence electrons. The van der Waals surface area contributed by atoms with Gasteiger partial charge in [0, 0.05) is 18.5 Å². The topological polar surface area (TPSA) is 50.9 Å². The molecule has 0 aliphatic rings. The van der Waals surface area contributed by atoms with Crippen molar-refractivity contribution < 1.29 is 5.11 Å². The lowest BCUT2D eigenvalue weighted by Gasteiger charge is -2.13. The summed E-state index contributed by atoms with van der Waals surface area (Å²) in [5, 5.41) is 14.8. The summed E-state index contributed by atoms with van der Waals surface area (Å²) in [7, 11) is 1.81. The van der Waals surface area contributed by atoms with Gasteiger partial charge in [-0.3, -0.25) is 4.68 Å². The van der Waals surface area contributed by atoms with Gasteiger partial charge in [0.05, 0.1) is 6.10 Å². The molecule has 1 aromatic heterocycles. The first kappa shape index (κ1) is 12.1. The van der Waals surface area contributed by atoms with Gasteiger partial charge in [-0.25, -0.2) is 4.98 Å². The summed E-state index contributed by atoms with van der Waals surface area (Å²) in [5.74, 6) is 0.756. The van der Waals surface area contributed by atoms with Gasteiger partial charge in [0.1, 0.15) is 12.2 Å². The molecule has 1 aromatic carbocycles. The quantitative estimate of drug-likeness (QED) is 0.908. The summed E-state index contributed by atoms with van der Waals surface area (Å²) < 4.78 is 1.66. The zero-order valence-electron chi connectivity index (χ0n) is 9.76. The number of halogens is 1. The molecule has 2 rings (SSSR count). The van der Waals surface area contributed by atoms with Crippen molar-refractivity contribution in [3.05, 3.63) is 46.5 Å². The van der Waals surface area contributed by atoms with E-state index in [0.29, 0.717) is 11.4 Å².